The molecule has 1 N–H and O–H groups in total. The third-order valence-electron chi connectivity index (χ3n) is 1.03. The van der Waals surface area contributed by atoms with Gasteiger partial charge in [0.05, 0.1) is 0 Å². The molecular formula is C8H8ClN3. The summed E-state index contributed by atoms with van der Waals surface area (Å²) in [6, 6.07) is 7.24. The molecule has 0 radical (unpaired) electrons. The van der Waals surface area contributed by atoms with E-state index in [-0.39, 0.29) is 0 Å². The molecule has 0 saturated heterocycles. The van der Waals surface area contributed by atoms with Crippen molar-refractivity contribution in [2.45, 2.75) is 0 Å². The predicted octanol–water partition coefficient (Wildman–Crippen LogP) is 2.14. The second-order valence-electron chi connectivity index (χ2n) is 1.92. The molecule has 0 saturated carbocycles. The van der Waals surface area contributed by atoms with Crippen LogP contribution in [0.4, 0.5) is 0 Å². The summed E-state index contributed by atoms with van der Waals surface area (Å²) < 4.78 is 0. The van der Waals surface area contributed by atoms with Crippen LogP contribution in [0.15, 0.2) is 42.9 Å². The number of hydrogen-bond donors (Lipinski definition) is 1. The third-order valence-corrected chi connectivity index (χ3v) is 1.26. The van der Waals surface area contributed by atoms with Crippen LogP contribution in [-0.2, 0) is 0 Å². The van der Waals surface area contributed by atoms with Crippen LogP contribution >= 0.6 is 11.6 Å². The quantitative estimate of drug-likeness (QED) is 0.633. The van der Waals surface area contributed by atoms with Crippen LogP contribution in [0.3, 0.4) is 0 Å². The fourth-order valence-electron chi connectivity index (χ4n) is 0.557. The zero-order valence-corrected chi connectivity index (χ0v) is 7.07. The fraction of sp³-hybridized carbons (Fsp3) is 0. The lowest BCUT2D eigenvalue weighted by Crippen LogP contribution is -1.65. The molecule has 12 heavy (non-hydrogen) atoms. The molecular weight excluding hydrogens is 174 g/mol. The summed E-state index contributed by atoms with van der Waals surface area (Å²) in [6.07, 6.45) is 5.11. The number of nitrogens with zero attached hydrogens (tertiary/aromatic N) is 2. The maximum Gasteiger partial charge on any atom is 0.129 e. The summed E-state index contributed by atoms with van der Waals surface area (Å²) in [5, 5.41) is 6.75. The maximum atomic E-state index is 5.43. The molecule has 4 heteroatoms. The van der Waals surface area contributed by atoms with Gasteiger partial charge in [-0.2, -0.15) is 5.10 Å². The zero-order chi connectivity index (χ0) is 8.65. The van der Waals surface area contributed by atoms with Crippen molar-refractivity contribution >= 4 is 11.6 Å². The summed E-state index contributed by atoms with van der Waals surface area (Å²) in [5.74, 6) is 0. The van der Waals surface area contributed by atoms with Gasteiger partial charge in [-0.05, 0) is 18.2 Å². The van der Waals surface area contributed by atoms with Crippen LogP contribution in [0.1, 0.15) is 0 Å². The molecule has 0 fully saturated rings. The van der Waals surface area contributed by atoms with Crippen LogP contribution < -0.4 is 0 Å². The standard InChI is InChI=1S/C5H4ClN.C3H4N2/c6-5-3-1-2-4-7-5;1-2-4-5-3-1/h1-4H;1-3H,(H,4,5). The van der Waals surface area contributed by atoms with Crippen molar-refractivity contribution in [3.63, 3.8) is 0 Å². The molecule has 0 aromatic carbocycles. The van der Waals surface area contributed by atoms with Gasteiger partial charge in [-0.3, -0.25) is 5.10 Å². The van der Waals surface area contributed by atoms with E-state index in [1.165, 1.54) is 0 Å². The van der Waals surface area contributed by atoms with Crippen molar-refractivity contribution in [3.8, 4) is 0 Å². The normalized spacial score (nSPS) is 8.42. The zero-order valence-electron chi connectivity index (χ0n) is 6.31. The number of aromatic nitrogens is 3. The topological polar surface area (TPSA) is 41.6 Å². The minimum absolute atomic E-state index is 0.544. The van der Waals surface area contributed by atoms with Gasteiger partial charge in [-0.1, -0.05) is 17.7 Å². The number of nitrogens with one attached hydrogen (secondary N) is 1. The van der Waals surface area contributed by atoms with E-state index in [0.717, 1.165) is 0 Å². The Morgan fingerprint density at radius 1 is 1.17 bits per heavy atom. The first-order valence-corrected chi connectivity index (χ1v) is 3.77. The van der Waals surface area contributed by atoms with Crippen molar-refractivity contribution in [2.75, 3.05) is 0 Å². The second kappa shape index (κ2) is 5.32. The van der Waals surface area contributed by atoms with E-state index in [1.54, 1.807) is 24.7 Å². The average Bonchev–Trinajstić information content (AvgIpc) is 2.62. The van der Waals surface area contributed by atoms with E-state index in [1.807, 2.05) is 18.2 Å². The smallest absolute Gasteiger partial charge is 0.129 e. The van der Waals surface area contributed by atoms with Gasteiger partial charge in [0.1, 0.15) is 5.15 Å². The van der Waals surface area contributed by atoms with Gasteiger partial charge in [0.25, 0.3) is 0 Å². The summed E-state index contributed by atoms with van der Waals surface area (Å²) in [6.45, 7) is 0. The van der Waals surface area contributed by atoms with E-state index in [4.69, 9.17) is 11.6 Å². The largest absolute Gasteiger partial charge is 0.286 e. The Kier molecular flexibility index (Phi) is 3.88. The lowest BCUT2D eigenvalue weighted by atomic mass is 10.5. The van der Waals surface area contributed by atoms with Crippen molar-refractivity contribution in [3.05, 3.63) is 48.0 Å². The first-order valence-electron chi connectivity index (χ1n) is 3.40. The molecule has 2 heterocycles. The van der Waals surface area contributed by atoms with Gasteiger partial charge in [0.15, 0.2) is 0 Å². The van der Waals surface area contributed by atoms with E-state index in [9.17, 15) is 0 Å². The number of H-pyrrole nitrogens is 1. The van der Waals surface area contributed by atoms with E-state index in [2.05, 4.69) is 15.2 Å². The molecule has 0 atom stereocenters. The summed E-state index contributed by atoms with van der Waals surface area (Å²) in [7, 11) is 0. The summed E-state index contributed by atoms with van der Waals surface area (Å²) in [4.78, 5) is 3.74. The van der Waals surface area contributed by atoms with Gasteiger partial charge in [-0.25, -0.2) is 4.98 Å². The highest BCUT2D eigenvalue weighted by atomic mass is 35.5. The minimum Gasteiger partial charge on any atom is -0.286 e. The molecule has 62 valence electrons. The van der Waals surface area contributed by atoms with Gasteiger partial charge in [0.2, 0.25) is 0 Å². The van der Waals surface area contributed by atoms with Crippen LogP contribution in [0.25, 0.3) is 0 Å². The Morgan fingerprint density at radius 3 is 2.33 bits per heavy atom. The fourth-order valence-corrected chi connectivity index (χ4v) is 0.686. The Bertz CT molecular complexity index is 263. The first kappa shape index (κ1) is 8.74. The highest BCUT2D eigenvalue weighted by Gasteiger charge is 1.76. The maximum absolute atomic E-state index is 5.43. The molecule has 0 unspecified atom stereocenters. The Hall–Kier alpha value is -1.35. The molecule has 0 spiro atoms. The van der Waals surface area contributed by atoms with E-state index in [0.29, 0.717) is 5.15 Å². The van der Waals surface area contributed by atoms with E-state index < -0.39 is 0 Å². The minimum atomic E-state index is 0.544. The van der Waals surface area contributed by atoms with Crippen LogP contribution in [0.5, 0.6) is 0 Å². The molecule has 0 aliphatic rings. The van der Waals surface area contributed by atoms with Crippen LogP contribution in [0.2, 0.25) is 5.15 Å². The number of aromatic amines is 1. The SMILES string of the molecule is Clc1ccccn1.c1cn[nH]c1. The molecule has 0 aliphatic carbocycles. The van der Waals surface area contributed by atoms with Crippen LogP contribution in [-0.4, -0.2) is 15.2 Å². The van der Waals surface area contributed by atoms with Crippen molar-refractivity contribution < 1.29 is 0 Å². The molecule has 3 nitrogen and oxygen atoms in total. The molecule has 2 aromatic rings. The number of halogens is 1. The van der Waals surface area contributed by atoms with Gasteiger partial charge >= 0.3 is 0 Å². The Balaban J connectivity index is 0.000000127. The van der Waals surface area contributed by atoms with E-state index >= 15 is 0 Å². The third kappa shape index (κ3) is 3.73. The van der Waals surface area contributed by atoms with Crippen molar-refractivity contribution in [1.82, 2.24) is 15.2 Å². The van der Waals surface area contributed by atoms with Gasteiger partial charge < -0.3 is 0 Å². The number of hydrogen-bond acceptors (Lipinski definition) is 2. The number of pyridine rings is 1. The summed E-state index contributed by atoms with van der Waals surface area (Å²) in [5.41, 5.74) is 0. The van der Waals surface area contributed by atoms with Gasteiger partial charge in [-0.15, -0.1) is 0 Å². The van der Waals surface area contributed by atoms with Gasteiger partial charge in [0, 0.05) is 18.6 Å². The molecule has 2 rings (SSSR count). The highest BCUT2D eigenvalue weighted by Crippen LogP contribution is 1.98. The van der Waals surface area contributed by atoms with Crippen molar-refractivity contribution in [1.29, 1.82) is 0 Å². The second-order valence-corrected chi connectivity index (χ2v) is 2.31. The first-order chi connectivity index (χ1) is 5.89. The van der Waals surface area contributed by atoms with Crippen molar-refractivity contribution in [2.24, 2.45) is 0 Å². The Labute approximate surface area is 75.4 Å². The monoisotopic (exact) mass is 181 g/mol. The molecule has 0 amide bonds. The molecule has 0 aliphatic heterocycles. The number of rotatable bonds is 0. The Morgan fingerprint density at radius 2 is 2.08 bits per heavy atom. The van der Waals surface area contributed by atoms with Crippen LogP contribution in [0, 0.1) is 0 Å². The highest BCUT2D eigenvalue weighted by molar-refractivity contribution is 6.29. The average molecular weight is 182 g/mol. The summed E-state index contributed by atoms with van der Waals surface area (Å²) >= 11 is 5.43. The molecule has 2 aromatic heterocycles. The lowest BCUT2D eigenvalue weighted by Gasteiger charge is -1.79. The predicted molar refractivity (Wildman–Crippen MR) is 47.8 cm³/mol. The lowest BCUT2D eigenvalue weighted by molar-refractivity contribution is 1.09. The molecule has 0 bridgehead atoms.